The Morgan fingerprint density at radius 2 is 1.95 bits per heavy atom. The highest BCUT2D eigenvalue weighted by atomic mass is 32.2. The van der Waals surface area contributed by atoms with Gasteiger partial charge in [0, 0.05) is 19.0 Å². The minimum Gasteiger partial charge on any atom is -0.341 e. The average Bonchev–Trinajstić information content (AvgIpc) is 3.15. The summed E-state index contributed by atoms with van der Waals surface area (Å²) < 4.78 is 35.9. The summed E-state index contributed by atoms with van der Waals surface area (Å²) in [6.07, 6.45) is 1.28. The van der Waals surface area contributed by atoms with Gasteiger partial charge in [-0.05, 0) is 36.5 Å². The maximum absolute atomic E-state index is 12.9. The van der Waals surface area contributed by atoms with Crippen LogP contribution in [0.25, 0.3) is 0 Å². The Morgan fingerprint density at radius 1 is 1.29 bits per heavy atom. The zero-order chi connectivity index (χ0) is 15.2. The van der Waals surface area contributed by atoms with Gasteiger partial charge in [0.15, 0.2) is 9.84 Å². The van der Waals surface area contributed by atoms with Crippen LogP contribution in [0.5, 0.6) is 0 Å². The molecular weight excluding hydrogens is 293 g/mol. The summed E-state index contributed by atoms with van der Waals surface area (Å²) in [6, 6.07) is 6.04. The number of amides is 1. The van der Waals surface area contributed by atoms with Crippen molar-refractivity contribution >= 4 is 15.7 Å². The highest BCUT2D eigenvalue weighted by Crippen LogP contribution is 2.48. The third-order valence-corrected chi connectivity index (χ3v) is 6.26. The zero-order valence-corrected chi connectivity index (χ0v) is 12.6. The Bertz CT molecular complexity index is 656. The smallest absolute Gasteiger partial charge is 0.226 e. The van der Waals surface area contributed by atoms with Crippen LogP contribution in [0.2, 0.25) is 0 Å². The molecular formula is C15H18FNO3S. The summed E-state index contributed by atoms with van der Waals surface area (Å²) in [5.74, 6) is 0.00847. The maximum Gasteiger partial charge on any atom is 0.226 e. The fraction of sp³-hybridized carbons (Fsp3) is 0.533. The number of benzene rings is 1. The highest BCUT2D eigenvalue weighted by Gasteiger charge is 2.47. The van der Waals surface area contributed by atoms with Gasteiger partial charge in [0.25, 0.3) is 0 Å². The molecule has 114 valence electrons. The SMILES string of the molecule is CN(C(=O)[C@@H]1C[C@H]1c1ccc(F)cc1)[C@@H]1CCS(=O)(=O)C1. The quantitative estimate of drug-likeness (QED) is 0.851. The van der Waals surface area contributed by atoms with Crippen molar-refractivity contribution in [3.63, 3.8) is 0 Å². The van der Waals surface area contributed by atoms with Gasteiger partial charge in [-0.3, -0.25) is 4.79 Å². The van der Waals surface area contributed by atoms with E-state index in [-0.39, 0.29) is 41.1 Å². The molecule has 1 aromatic rings. The first-order chi connectivity index (χ1) is 9.87. The van der Waals surface area contributed by atoms with Crippen molar-refractivity contribution in [3.05, 3.63) is 35.6 Å². The predicted octanol–water partition coefficient (Wildman–Crippen LogP) is 1.57. The Labute approximate surface area is 123 Å². The largest absolute Gasteiger partial charge is 0.341 e. The molecule has 3 rings (SSSR count). The van der Waals surface area contributed by atoms with Gasteiger partial charge in [-0.25, -0.2) is 12.8 Å². The number of hydrogen-bond acceptors (Lipinski definition) is 3. The maximum atomic E-state index is 12.9. The van der Waals surface area contributed by atoms with Crippen LogP contribution in [-0.2, 0) is 14.6 Å². The van der Waals surface area contributed by atoms with Gasteiger partial charge in [0.2, 0.25) is 5.91 Å². The van der Waals surface area contributed by atoms with Crippen molar-refractivity contribution in [2.24, 2.45) is 5.92 Å². The number of carbonyl (C=O) groups excluding carboxylic acids is 1. The van der Waals surface area contributed by atoms with Crippen LogP contribution in [0, 0.1) is 11.7 Å². The molecule has 1 saturated carbocycles. The van der Waals surface area contributed by atoms with E-state index >= 15 is 0 Å². The molecule has 0 radical (unpaired) electrons. The second-order valence-electron chi connectivity index (χ2n) is 6.01. The van der Waals surface area contributed by atoms with Crippen molar-refractivity contribution in [2.45, 2.75) is 24.8 Å². The van der Waals surface area contributed by atoms with Crippen LogP contribution >= 0.6 is 0 Å². The fourth-order valence-corrected chi connectivity index (χ4v) is 4.84. The normalized spacial score (nSPS) is 30.1. The molecule has 1 amide bonds. The van der Waals surface area contributed by atoms with Crippen LogP contribution in [-0.4, -0.2) is 43.8 Å². The second kappa shape index (κ2) is 5.09. The molecule has 1 aromatic carbocycles. The summed E-state index contributed by atoms with van der Waals surface area (Å²) in [4.78, 5) is 14.0. The molecule has 1 aliphatic heterocycles. The Morgan fingerprint density at radius 3 is 2.52 bits per heavy atom. The molecule has 2 aliphatic rings. The molecule has 1 saturated heterocycles. The summed E-state index contributed by atoms with van der Waals surface area (Å²) in [7, 11) is -1.30. The lowest BCUT2D eigenvalue weighted by atomic mass is 10.1. The zero-order valence-electron chi connectivity index (χ0n) is 11.8. The number of rotatable bonds is 3. The number of hydrogen-bond donors (Lipinski definition) is 0. The molecule has 3 atom stereocenters. The van der Waals surface area contributed by atoms with Gasteiger partial charge in [0.05, 0.1) is 11.5 Å². The molecule has 0 N–H and O–H groups in total. The number of carbonyl (C=O) groups is 1. The first-order valence-corrected chi connectivity index (χ1v) is 8.92. The van der Waals surface area contributed by atoms with Crippen molar-refractivity contribution in [3.8, 4) is 0 Å². The Hall–Kier alpha value is -1.43. The van der Waals surface area contributed by atoms with Crippen LogP contribution < -0.4 is 0 Å². The molecule has 0 unspecified atom stereocenters. The van der Waals surface area contributed by atoms with Crippen molar-refractivity contribution in [1.82, 2.24) is 4.90 Å². The second-order valence-corrected chi connectivity index (χ2v) is 8.23. The van der Waals surface area contributed by atoms with Gasteiger partial charge in [0.1, 0.15) is 5.82 Å². The third-order valence-electron chi connectivity index (χ3n) is 4.51. The van der Waals surface area contributed by atoms with Crippen LogP contribution in [0.3, 0.4) is 0 Å². The molecule has 1 heterocycles. The van der Waals surface area contributed by atoms with E-state index in [0.717, 1.165) is 12.0 Å². The Kier molecular flexibility index (Phi) is 3.51. The van der Waals surface area contributed by atoms with E-state index in [1.807, 2.05) is 0 Å². The van der Waals surface area contributed by atoms with Crippen molar-refractivity contribution in [1.29, 1.82) is 0 Å². The van der Waals surface area contributed by atoms with E-state index in [2.05, 4.69) is 0 Å². The summed E-state index contributed by atoms with van der Waals surface area (Å²) >= 11 is 0. The number of sulfone groups is 1. The molecule has 1 aliphatic carbocycles. The standard InChI is InChI=1S/C15H18FNO3S/c1-17(12-6-7-21(19,20)9-12)15(18)14-8-13(14)10-2-4-11(16)5-3-10/h2-5,12-14H,6-9H2,1H3/t12-,13+,14-/m1/s1. The molecule has 0 spiro atoms. The molecule has 4 nitrogen and oxygen atoms in total. The minimum atomic E-state index is -2.99. The van der Waals surface area contributed by atoms with Gasteiger partial charge in [-0.2, -0.15) is 0 Å². The summed E-state index contributed by atoms with van der Waals surface area (Å²) in [5.41, 5.74) is 0.974. The van der Waals surface area contributed by atoms with E-state index < -0.39 is 9.84 Å². The lowest BCUT2D eigenvalue weighted by molar-refractivity contribution is -0.133. The fourth-order valence-electron chi connectivity index (χ4n) is 3.07. The van der Waals surface area contributed by atoms with Crippen LogP contribution in [0.1, 0.15) is 24.3 Å². The van der Waals surface area contributed by atoms with Gasteiger partial charge in [-0.15, -0.1) is 0 Å². The number of halogens is 1. The Balaban J connectivity index is 1.63. The van der Waals surface area contributed by atoms with E-state index in [0.29, 0.717) is 6.42 Å². The average molecular weight is 311 g/mol. The molecule has 2 fully saturated rings. The topological polar surface area (TPSA) is 54.5 Å². The number of nitrogens with zero attached hydrogens (tertiary/aromatic N) is 1. The van der Waals surface area contributed by atoms with Crippen LogP contribution in [0.15, 0.2) is 24.3 Å². The predicted molar refractivity (Wildman–Crippen MR) is 77.1 cm³/mol. The lowest BCUT2D eigenvalue weighted by Crippen LogP contribution is -2.39. The van der Waals surface area contributed by atoms with E-state index in [4.69, 9.17) is 0 Å². The highest BCUT2D eigenvalue weighted by molar-refractivity contribution is 7.91. The first-order valence-electron chi connectivity index (χ1n) is 7.10. The van der Waals surface area contributed by atoms with Crippen molar-refractivity contribution in [2.75, 3.05) is 18.6 Å². The molecule has 21 heavy (non-hydrogen) atoms. The molecule has 0 aromatic heterocycles. The minimum absolute atomic E-state index is 0.00595. The van der Waals surface area contributed by atoms with E-state index in [9.17, 15) is 17.6 Å². The third kappa shape index (κ3) is 2.95. The van der Waals surface area contributed by atoms with E-state index in [1.54, 1.807) is 24.1 Å². The van der Waals surface area contributed by atoms with E-state index in [1.165, 1.54) is 12.1 Å². The lowest BCUT2D eigenvalue weighted by Gasteiger charge is -2.23. The molecule has 0 bridgehead atoms. The van der Waals surface area contributed by atoms with Crippen molar-refractivity contribution < 1.29 is 17.6 Å². The summed E-state index contributed by atoms with van der Waals surface area (Å²) in [6.45, 7) is 0. The first kappa shape index (κ1) is 14.5. The van der Waals surface area contributed by atoms with Gasteiger partial charge >= 0.3 is 0 Å². The van der Waals surface area contributed by atoms with Gasteiger partial charge in [-0.1, -0.05) is 12.1 Å². The monoisotopic (exact) mass is 311 g/mol. The summed E-state index contributed by atoms with van der Waals surface area (Å²) in [5, 5.41) is 0. The van der Waals surface area contributed by atoms with Gasteiger partial charge < -0.3 is 4.90 Å². The molecule has 6 heteroatoms. The van der Waals surface area contributed by atoms with Crippen LogP contribution in [0.4, 0.5) is 4.39 Å².